The molecule has 118 valence electrons. The maximum Gasteiger partial charge on any atom is 0.263 e. The molecule has 2 rings (SSSR count). The van der Waals surface area contributed by atoms with E-state index < -0.39 is 15.7 Å². The van der Waals surface area contributed by atoms with Gasteiger partial charge in [-0.15, -0.1) is 0 Å². The number of rotatable bonds is 5. The molecule has 1 aromatic carbocycles. The first kappa shape index (κ1) is 16.6. The van der Waals surface area contributed by atoms with Crippen LogP contribution in [0.5, 0.6) is 0 Å². The van der Waals surface area contributed by atoms with Crippen LogP contribution in [-0.4, -0.2) is 26.6 Å². The third kappa shape index (κ3) is 3.03. The van der Waals surface area contributed by atoms with Crippen LogP contribution in [0.1, 0.15) is 24.2 Å². The van der Waals surface area contributed by atoms with Gasteiger partial charge in [0.25, 0.3) is 5.91 Å². The first-order valence-electron chi connectivity index (χ1n) is 6.79. The largest absolute Gasteiger partial charge is 0.452 e. The molecule has 7 heteroatoms. The molecule has 0 saturated heterocycles. The number of sulfone groups is 1. The second-order valence-electron chi connectivity index (χ2n) is 4.53. The standard InChI is InChI=1S/C15H16ClNO4S/c1-3-17(15(18)11-9-10-21-14(11)16)12-7-5-6-8-13(12)22(19,20)4-2/h5-10H,3-4H2,1-2H3. The van der Waals surface area contributed by atoms with Crippen LogP contribution < -0.4 is 4.90 Å². The maximum absolute atomic E-state index is 12.6. The highest BCUT2D eigenvalue weighted by molar-refractivity contribution is 7.91. The van der Waals surface area contributed by atoms with Crippen LogP contribution in [0, 0.1) is 0 Å². The predicted molar refractivity (Wildman–Crippen MR) is 85.2 cm³/mol. The van der Waals surface area contributed by atoms with Gasteiger partial charge in [-0.2, -0.15) is 0 Å². The monoisotopic (exact) mass is 341 g/mol. The summed E-state index contributed by atoms with van der Waals surface area (Å²) in [5.74, 6) is -0.442. The van der Waals surface area contributed by atoms with Crippen molar-refractivity contribution in [3.05, 3.63) is 47.4 Å². The van der Waals surface area contributed by atoms with Crippen molar-refractivity contribution in [2.75, 3.05) is 17.2 Å². The van der Waals surface area contributed by atoms with Crippen molar-refractivity contribution in [3.63, 3.8) is 0 Å². The Hall–Kier alpha value is -1.79. The van der Waals surface area contributed by atoms with Gasteiger partial charge in [-0.05, 0) is 36.7 Å². The van der Waals surface area contributed by atoms with E-state index >= 15 is 0 Å². The molecule has 22 heavy (non-hydrogen) atoms. The van der Waals surface area contributed by atoms with E-state index in [4.69, 9.17) is 16.0 Å². The van der Waals surface area contributed by atoms with Crippen LogP contribution in [0.25, 0.3) is 0 Å². The predicted octanol–water partition coefficient (Wildman–Crippen LogP) is 3.39. The lowest BCUT2D eigenvalue weighted by Gasteiger charge is -2.23. The summed E-state index contributed by atoms with van der Waals surface area (Å²) in [7, 11) is -3.45. The lowest BCUT2D eigenvalue weighted by Crippen LogP contribution is -2.32. The maximum atomic E-state index is 12.6. The van der Waals surface area contributed by atoms with Gasteiger partial charge in [0.05, 0.1) is 28.2 Å². The number of furan rings is 1. The Bertz CT molecular complexity index is 782. The molecule has 1 amide bonds. The van der Waals surface area contributed by atoms with E-state index in [1.54, 1.807) is 32.0 Å². The average molecular weight is 342 g/mol. The zero-order valence-corrected chi connectivity index (χ0v) is 13.8. The normalized spacial score (nSPS) is 11.4. The molecule has 1 heterocycles. The Labute approximate surface area is 134 Å². The van der Waals surface area contributed by atoms with Crippen molar-refractivity contribution in [1.82, 2.24) is 0 Å². The molecule has 0 aliphatic heterocycles. The van der Waals surface area contributed by atoms with Gasteiger partial charge >= 0.3 is 0 Å². The summed E-state index contributed by atoms with van der Waals surface area (Å²) in [6.45, 7) is 3.63. The van der Waals surface area contributed by atoms with Gasteiger partial charge in [0.1, 0.15) is 0 Å². The van der Waals surface area contributed by atoms with E-state index in [9.17, 15) is 13.2 Å². The SMILES string of the molecule is CCN(C(=O)c1ccoc1Cl)c1ccccc1S(=O)(=O)CC. The number of benzene rings is 1. The van der Waals surface area contributed by atoms with Crippen LogP contribution in [0.3, 0.4) is 0 Å². The number of para-hydroxylation sites is 1. The molecular weight excluding hydrogens is 326 g/mol. The lowest BCUT2D eigenvalue weighted by atomic mass is 10.2. The fraction of sp³-hybridized carbons (Fsp3) is 0.267. The third-order valence-corrected chi connectivity index (χ3v) is 5.35. The van der Waals surface area contributed by atoms with E-state index in [2.05, 4.69) is 0 Å². The summed E-state index contributed by atoms with van der Waals surface area (Å²) in [5.41, 5.74) is 0.543. The number of nitrogens with zero attached hydrogens (tertiary/aromatic N) is 1. The summed E-state index contributed by atoms with van der Waals surface area (Å²) < 4.78 is 29.4. The Morgan fingerprint density at radius 3 is 2.45 bits per heavy atom. The first-order valence-corrected chi connectivity index (χ1v) is 8.82. The topological polar surface area (TPSA) is 67.6 Å². The molecule has 0 unspecified atom stereocenters. The molecule has 0 aliphatic carbocycles. The van der Waals surface area contributed by atoms with Gasteiger partial charge in [0, 0.05) is 6.54 Å². The lowest BCUT2D eigenvalue weighted by molar-refractivity contribution is 0.0987. The molecule has 0 saturated carbocycles. The van der Waals surface area contributed by atoms with Gasteiger partial charge < -0.3 is 9.32 Å². The first-order chi connectivity index (χ1) is 10.4. The van der Waals surface area contributed by atoms with E-state index in [0.717, 1.165) is 0 Å². The second-order valence-corrected chi connectivity index (χ2v) is 7.12. The van der Waals surface area contributed by atoms with Gasteiger partial charge in [-0.1, -0.05) is 19.1 Å². The van der Waals surface area contributed by atoms with E-state index in [1.807, 2.05) is 0 Å². The molecule has 5 nitrogen and oxygen atoms in total. The minimum atomic E-state index is -3.45. The summed E-state index contributed by atoms with van der Waals surface area (Å²) >= 11 is 5.85. The number of halogens is 1. The summed E-state index contributed by atoms with van der Waals surface area (Å²) in [6, 6.07) is 7.90. The molecule has 0 atom stereocenters. The van der Waals surface area contributed by atoms with E-state index in [0.29, 0.717) is 12.2 Å². The van der Waals surface area contributed by atoms with Crippen LogP contribution in [0.4, 0.5) is 5.69 Å². The summed E-state index contributed by atoms with van der Waals surface area (Å²) in [6.07, 6.45) is 1.32. The molecule has 0 N–H and O–H groups in total. The van der Waals surface area contributed by atoms with Gasteiger partial charge in [-0.25, -0.2) is 8.42 Å². The number of hydrogen-bond acceptors (Lipinski definition) is 4. The molecule has 0 radical (unpaired) electrons. The van der Waals surface area contributed by atoms with Crippen molar-refractivity contribution in [2.45, 2.75) is 18.7 Å². The molecule has 1 aromatic heterocycles. The molecular formula is C15H16ClNO4S. The molecule has 2 aromatic rings. The minimum absolute atomic E-state index is 0.0146. The van der Waals surface area contributed by atoms with Crippen molar-refractivity contribution in [1.29, 1.82) is 0 Å². The highest BCUT2D eigenvalue weighted by Gasteiger charge is 2.26. The zero-order chi connectivity index (χ0) is 16.3. The fourth-order valence-electron chi connectivity index (χ4n) is 2.11. The van der Waals surface area contributed by atoms with Crippen LogP contribution in [0.15, 0.2) is 45.9 Å². The quantitative estimate of drug-likeness (QED) is 0.836. The van der Waals surface area contributed by atoms with Crippen molar-refractivity contribution in [3.8, 4) is 0 Å². The average Bonchev–Trinajstić information content (AvgIpc) is 2.94. The van der Waals surface area contributed by atoms with E-state index in [1.165, 1.54) is 23.3 Å². The van der Waals surface area contributed by atoms with E-state index in [-0.39, 0.29) is 21.4 Å². The minimum Gasteiger partial charge on any atom is -0.452 e. The van der Waals surface area contributed by atoms with Gasteiger partial charge in [0.15, 0.2) is 9.84 Å². The fourth-order valence-corrected chi connectivity index (χ4v) is 3.40. The van der Waals surface area contributed by atoms with Gasteiger partial charge in [-0.3, -0.25) is 4.79 Å². The number of carbonyl (C=O) groups is 1. The zero-order valence-electron chi connectivity index (χ0n) is 12.2. The van der Waals surface area contributed by atoms with Crippen LogP contribution in [0.2, 0.25) is 5.22 Å². The van der Waals surface area contributed by atoms with Crippen LogP contribution in [-0.2, 0) is 9.84 Å². The molecule has 0 spiro atoms. The summed E-state index contributed by atoms with van der Waals surface area (Å²) in [5, 5.41) is -0.0146. The van der Waals surface area contributed by atoms with Crippen molar-refractivity contribution in [2.24, 2.45) is 0 Å². The highest BCUT2D eigenvalue weighted by Crippen LogP contribution is 2.28. The Balaban J connectivity index is 2.54. The molecule has 0 fully saturated rings. The number of amides is 1. The molecule has 0 aliphatic rings. The Morgan fingerprint density at radius 1 is 1.23 bits per heavy atom. The van der Waals surface area contributed by atoms with Crippen LogP contribution >= 0.6 is 11.6 Å². The van der Waals surface area contributed by atoms with Crippen molar-refractivity contribution >= 4 is 33.0 Å². The second kappa shape index (κ2) is 6.54. The number of anilines is 1. The Kier molecular flexibility index (Phi) is 4.93. The summed E-state index contributed by atoms with van der Waals surface area (Å²) in [4.78, 5) is 14.1. The number of hydrogen-bond donors (Lipinski definition) is 0. The van der Waals surface area contributed by atoms with Gasteiger partial charge in [0.2, 0.25) is 5.22 Å². The third-order valence-electron chi connectivity index (χ3n) is 3.28. The molecule has 0 bridgehead atoms. The van der Waals surface area contributed by atoms with Crippen molar-refractivity contribution < 1.29 is 17.6 Å². The smallest absolute Gasteiger partial charge is 0.263 e. The highest BCUT2D eigenvalue weighted by atomic mass is 35.5. The number of carbonyl (C=O) groups excluding carboxylic acids is 1. The Morgan fingerprint density at radius 2 is 1.91 bits per heavy atom.